The zero-order valence-corrected chi connectivity index (χ0v) is 20.6. The Hall–Kier alpha value is -2.35. The maximum atomic E-state index is 12.7. The lowest BCUT2D eigenvalue weighted by Crippen LogP contribution is -2.63. The third-order valence-corrected chi connectivity index (χ3v) is 8.94. The predicted octanol–water partition coefficient (Wildman–Crippen LogP) is -1.77. The maximum absolute atomic E-state index is 12.7. The van der Waals surface area contributed by atoms with Gasteiger partial charge in [-0.2, -0.15) is 0 Å². The molecule has 3 fully saturated rings. The topological polar surface area (TPSA) is 195 Å². The number of likely N-dealkylation sites (tertiary alicyclic amines) is 1. The van der Waals surface area contributed by atoms with E-state index < -0.39 is 24.1 Å². The highest BCUT2D eigenvalue weighted by Gasteiger charge is 2.60. The molecule has 4 rings (SSSR count). The van der Waals surface area contributed by atoms with Gasteiger partial charge in [0.25, 0.3) is 0 Å². The Balaban J connectivity index is 1.34. The summed E-state index contributed by atoms with van der Waals surface area (Å²) in [6, 6.07) is -0.780. The molecule has 12 nitrogen and oxygen atoms in total. The van der Waals surface area contributed by atoms with E-state index >= 15 is 0 Å². The lowest BCUT2D eigenvalue weighted by molar-refractivity contribution is -0.163. The summed E-state index contributed by atoms with van der Waals surface area (Å²) in [6.07, 6.45) is -0.525. The van der Waals surface area contributed by atoms with Crippen LogP contribution in [0.3, 0.4) is 0 Å². The Labute approximate surface area is 207 Å². The van der Waals surface area contributed by atoms with Crippen LogP contribution in [0.5, 0.6) is 0 Å². The number of nitrogens with one attached hydrogen (secondary N) is 1. The predicted molar refractivity (Wildman–Crippen MR) is 129 cm³/mol. The van der Waals surface area contributed by atoms with E-state index in [1.165, 1.54) is 16.7 Å². The number of fused-ring (bicyclic) bond motifs is 1. The van der Waals surface area contributed by atoms with Crippen LogP contribution in [0.4, 0.5) is 0 Å². The molecule has 0 saturated carbocycles. The maximum Gasteiger partial charge on any atom is 0.353 e. The van der Waals surface area contributed by atoms with Crippen molar-refractivity contribution in [3.63, 3.8) is 0 Å². The average Bonchev–Trinajstić information content (AvgIpc) is 3.46. The summed E-state index contributed by atoms with van der Waals surface area (Å²) in [4.78, 5) is 44.9. The lowest BCUT2D eigenvalue weighted by Gasteiger charge is -2.46. The molecule has 4 aliphatic heterocycles. The summed E-state index contributed by atoms with van der Waals surface area (Å²) >= 11 is 1.41. The van der Waals surface area contributed by atoms with Gasteiger partial charge < -0.3 is 41.9 Å². The van der Waals surface area contributed by atoms with Crippen LogP contribution in [0, 0.1) is 11.8 Å². The largest absolute Gasteiger partial charge is 0.477 e. The van der Waals surface area contributed by atoms with Crippen molar-refractivity contribution in [2.24, 2.45) is 28.3 Å². The molecule has 0 bridgehead atoms. The van der Waals surface area contributed by atoms with Gasteiger partial charge in [0.2, 0.25) is 11.8 Å². The molecule has 0 aromatic carbocycles. The van der Waals surface area contributed by atoms with Crippen molar-refractivity contribution in [1.29, 1.82) is 0 Å². The van der Waals surface area contributed by atoms with Crippen LogP contribution in [0.2, 0.25) is 0 Å². The summed E-state index contributed by atoms with van der Waals surface area (Å²) in [5.74, 6) is -2.48. The van der Waals surface area contributed by atoms with Crippen LogP contribution in [0.15, 0.2) is 15.6 Å². The van der Waals surface area contributed by atoms with Crippen molar-refractivity contribution in [3.05, 3.63) is 10.6 Å². The Morgan fingerprint density at radius 3 is 2.66 bits per heavy atom. The third kappa shape index (κ3) is 4.86. The van der Waals surface area contributed by atoms with E-state index in [1.807, 2.05) is 6.92 Å². The van der Waals surface area contributed by atoms with Crippen molar-refractivity contribution in [2.45, 2.75) is 68.7 Å². The highest BCUT2D eigenvalue weighted by Crippen LogP contribution is 2.51. The molecule has 0 aromatic rings. The first-order valence-corrected chi connectivity index (χ1v) is 12.8. The molecule has 4 aliphatic rings. The van der Waals surface area contributed by atoms with Crippen LogP contribution in [-0.2, 0) is 14.4 Å². The zero-order valence-electron chi connectivity index (χ0n) is 19.8. The second kappa shape index (κ2) is 9.96. The van der Waals surface area contributed by atoms with E-state index in [0.29, 0.717) is 37.4 Å². The van der Waals surface area contributed by atoms with Gasteiger partial charge in [-0.3, -0.25) is 9.59 Å². The molecule has 2 amide bonds. The van der Waals surface area contributed by atoms with Gasteiger partial charge >= 0.3 is 5.97 Å². The molecule has 4 heterocycles. The van der Waals surface area contributed by atoms with Crippen molar-refractivity contribution in [2.75, 3.05) is 19.6 Å². The van der Waals surface area contributed by atoms with Gasteiger partial charge in [0.15, 0.2) is 5.96 Å². The van der Waals surface area contributed by atoms with Crippen LogP contribution in [-0.4, -0.2) is 104 Å². The number of thioether (sulfide) groups is 1. The van der Waals surface area contributed by atoms with Gasteiger partial charge in [0.1, 0.15) is 5.70 Å². The molecule has 0 radical (unpaired) electrons. The fourth-order valence-electron chi connectivity index (χ4n) is 5.71. The van der Waals surface area contributed by atoms with E-state index in [9.17, 15) is 29.7 Å². The molecule has 0 aromatic heterocycles. The van der Waals surface area contributed by atoms with E-state index in [4.69, 9.17) is 11.5 Å². The Morgan fingerprint density at radius 1 is 1.31 bits per heavy atom. The summed E-state index contributed by atoms with van der Waals surface area (Å²) in [5.41, 5.74) is 10.8. The molecule has 0 aliphatic carbocycles. The molecule has 0 spiro atoms. The number of aliphatic carboxylic acids is 1. The number of carboxylic acid groups (broad SMARTS) is 1. The number of β-lactam (4-membered cyclic amide) rings is 1. The van der Waals surface area contributed by atoms with Gasteiger partial charge in [-0.25, -0.2) is 9.79 Å². The van der Waals surface area contributed by atoms with Crippen LogP contribution >= 0.6 is 11.8 Å². The smallest absolute Gasteiger partial charge is 0.353 e. The van der Waals surface area contributed by atoms with Crippen molar-refractivity contribution in [3.8, 4) is 0 Å². The molecule has 8 atom stereocenters. The Bertz CT molecular complexity index is 953. The number of carboxylic acids is 1. The SMILES string of the molecule is CC(O)C1C(=O)N2C(C(=O)O)=C(SC3CNC(C(O)CC(=O)N4CCC(N=C(N)N)C4)C3)C(C)[C@@H]12. The van der Waals surface area contributed by atoms with Crippen LogP contribution < -0.4 is 16.8 Å². The summed E-state index contributed by atoms with van der Waals surface area (Å²) in [7, 11) is 0. The number of carbonyl (C=O) groups is 3. The van der Waals surface area contributed by atoms with E-state index in [0.717, 1.165) is 0 Å². The van der Waals surface area contributed by atoms with Gasteiger partial charge in [-0.05, 0) is 19.8 Å². The van der Waals surface area contributed by atoms with E-state index in [1.54, 1.807) is 11.8 Å². The minimum atomic E-state index is -1.16. The molecular formula is C22H34N6O6S. The molecule has 35 heavy (non-hydrogen) atoms. The van der Waals surface area contributed by atoms with Crippen molar-refractivity contribution >= 4 is 35.5 Å². The Kier molecular flexibility index (Phi) is 7.32. The molecule has 13 heteroatoms. The minimum Gasteiger partial charge on any atom is -0.477 e. The lowest BCUT2D eigenvalue weighted by atomic mass is 9.79. The van der Waals surface area contributed by atoms with Gasteiger partial charge in [0, 0.05) is 41.7 Å². The number of aliphatic hydroxyl groups is 2. The monoisotopic (exact) mass is 510 g/mol. The first kappa shape index (κ1) is 25.7. The molecule has 7 unspecified atom stereocenters. The second-order valence-corrected chi connectivity index (χ2v) is 11.2. The first-order valence-electron chi connectivity index (χ1n) is 11.9. The number of hydrogen-bond donors (Lipinski definition) is 6. The summed E-state index contributed by atoms with van der Waals surface area (Å²) in [6.45, 7) is 4.94. The van der Waals surface area contributed by atoms with Gasteiger partial charge in [-0.15, -0.1) is 11.8 Å². The standard InChI is InChI=1S/C22H34N6O6S/c1-9-17-16(10(2)29)20(32)28(17)18(21(33)34)19(9)35-12-5-13(25-7-12)14(30)6-15(31)27-4-3-11(8-27)26-22(23)24/h9-14,16-17,25,29-30H,3-8H2,1-2H3,(H,33,34)(H4,23,24,26)/t9?,10?,11?,12?,13?,14?,16?,17-/m0/s1. The van der Waals surface area contributed by atoms with Gasteiger partial charge in [0.05, 0.1) is 36.6 Å². The molecule has 3 saturated heterocycles. The number of carbonyl (C=O) groups excluding carboxylic acids is 2. The fraction of sp³-hybridized carbons (Fsp3) is 0.727. The number of nitrogens with two attached hydrogens (primary N) is 2. The number of guanidine groups is 1. The fourth-order valence-corrected chi connectivity index (χ4v) is 7.20. The highest BCUT2D eigenvalue weighted by atomic mass is 32.2. The van der Waals surface area contributed by atoms with E-state index in [2.05, 4.69) is 10.3 Å². The normalized spacial score (nSPS) is 34.0. The second-order valence-electron chi connectivity index (χ2n) is 9.87. The van der Waals surface area contributed by atoms with E-state index in [-0.39, 0.29) is 59.2 Å². The molecule has 194 valence electrons. The van der Waals surface area contributed by atoms with Crippen LogP contribution in [0.1, 0.15) is 33.1 Å². The Morgan fingerprint density at radius 2 is 2.03 bits per heavy atom. The number of amides is 2. The number of aliphatic imine (C=N–C) groups is 1. The quantitative estimate of drug-likeness (QED) is 0.124. The van der Waals surface area contributed by atoms with Gasteiger partial charge in [-0.1, -0.05) is 6.92 Å². The molecular weight excluding hydrogens is 476 g/mol. The minimum absolute atomic E-state index is 0.00191. The zero-order chi connectivity index (χ0) is 25.6. The summed E-state index contributed by atoms with van der Waals surface area (Å²) in [5, 5.41) is 33.7. The number of hydrogen-bond acceptors (Lipinski definition) is 8. The highest BCUT2D eigenvalue weighted by molar-refractivity contribution is 8.03. The third-order valence-electron chi connectivity index (χ3n) is 7.43. The first-order chi connectivity index (χ1) is 16.5. The molecule has 8 N–H and O–H groups in total. The summed E-state index contributed by atoms with van der Waals surface area (Å²) < 4.78 is 0. The number of aliphatic hydroxyl groups excluding tert-OH is 2. The number of nitrogens with zero attached hydrogens (tertiary/aromatic N) is 3. The number of rotatable bonds is 8. The van der Waals surface area contributed by atoms with Crippen LogP contribution in [0.25, 0.3) is 0 Å². The van der Waals surface area contributed by atoms with Crippen molar-refractivity contribution in [1.82, 2.24) is 15.1 Å². The van der Waals surface area contributed by atoms with Crippen molar-refractivity contribution < 1.29 is 29.7 Å². The average molecular weight is 511 g/mol.